The zero-order valence-corrected chi connectivity index (χ0v) is 8.01. The Kier molecular flexibility index (Phi) is 5.57. The van der Waals surface area contributed by atoms with Gasteiger partial charge in [-0.2, -0.15) is 0 Å². The maximum absolute atomic E-state index is 9.08. The molecule has 0 aromatic heterocycles. The summed E-state index contributed by atoms with van der Waals surface area (Å²) in [6.45, 7) is 10.1. The van der Waals surface area contributed by atoms with E-state index in [1.54, 1.807) is 0 Å². The molecule has 0 aromatic carbocycles. The summed E-state index contributed by atoms with van der Waals surface area (Å²) in [6, 6.07) is 0. The minimum Gasteiger partial charge on any atom is -0.393 e. The van der Waals surface area contributed by atoms with Gasteiger partial charge in [0.05, 0.1) is 6.10 Å². The molecule has 2 unspecified atom stereocenters. The van der Waals surface area contributed by atoms with Gasteiger partial charge in [-0.05, 0) is 25.2 Å². The van der Waals surface area contributed by atoms with E-state index in [0.29, 0.717) is 5.92 Å². The van der Waals surface area contributed by atoms with Crippen LogP contribution in [0.3, 0.4) is 0 Å². The minimum absolute atomic E-state index is 0.355. The normalized spacial score (nSPS) is 16.9. The fraction of sp³-hybridized carbons (Fsp3) is 0.900. The second kappa shape index (κ2) is 5.59. The van der Waals surface area contributed by atoms with Crippen molar-refractivity contribution in [2.45, 2.75) is 46.1 Å². The topological polar surface area (TPSA) is 20.2 Å². The molecule has 2 atom stereocenters. The molecule has 0 aliphatic rings. The molecule has 0 rings (SSSR count). The molecule has 0 spiro atoms. The van der Waals surface area contributed by atoms with Crippen molar-refractivity contribution in [3.05, 3.63) is 6.92 Å². The molecule has 0 aromatic rings. The number of aliphatic hydroxyl groups excluding tert-OH is 1. The van der Waals surface area contributed by atoms with E-state index >= 15 is 0 Å². The molecule has 0 saturated heterocycles. The molecule has 0 amide bonds. The lowest BCUT2D eigenvalue weighted by molar-refractivity contribution is 0.151. The standard InChI is InChI=1S/C10H21O/c1-8(2)6-5-7-9(3)10(4)11/h8-11H,4-7H2,1-3H3. The summed E-state index contributed by atoms with van der Waals surface area (Å²) in [6.07, 6.45) is 3.19. The lowest BCUT2D eigenvalue weighted by atomic mass is 9.96. The number of aliphatic hydroxyl groups is 1. The van der Waals surface area contributed by atoms with E-state index in [1.165, 1.54) is 12.8 Å². The molecular formula is C10H21O. The van der Waals surface area contributed by atoms with Gasteiger partial charge in [-0.25, -0.2) is 0 Å². The number of hydrogen-bond acceptors (Lipinski definition) is 1. The van der Waals surface area contributed by atoms with Gasteiger partial charge in [-0.1, -0.05) is 33.6 Å². The Morgan fingerprint density at radius 3 is 2.09 bits per heavy atom. The summed E-state index contributed by atoms with van der Waals surface area (Å²) >= 11 is 0. The van der Waals surface area contributed by atoms with Crippen molar-refractivity contribution in [2.24, 2.45) is 11.8 Å². The Morgan fingerprint density at radius 2 is 1.73 bits per heavy atom. The number of hydrogen-bond donors (Lipinski definition) is 1. The predicted octanol–water partition coefficient (Wildman–Crippen LogP) is 2.64. The van der Waals surface area contributed by atoms with Crippen LogP contribution < -0.4 is 0 Å². The van der Waals surface area contributed by atoms with Gasteiger partial charge in [0.25, 0.3) is 0 Å². The summed E-state index contributed by atoms with van der Waals surface area (Å²) in [5.41, 5.74) is 0. The van der Waals surface area contributed by atoms with Gasteiger partial charge in [0.2, 0.25) is 0 Å². The van der Waals surface area contributed by atoms with E-state index in [1.807, 2.05) is 0 Å². The van der Waals surface area contributed by atoms with Crippen molar-refractivity contribution < 1.29 is 5.11 Å². The highest BCUT2D eigenvalue weighted by molar-refractivity contribution is 4.65. The molecule has 1 N–H and O–H groups in total. The minimum atomic E-state index is -0.387. The second-order valence-corrected chi connectivity index (χ2v) is 3.87. The highest BCUT2D eigenvalue weighted by atomic mass is 16.3. The van der Waals surface area contributed by atoms with Gasteiger partial charge in [0.1, 0.15) is 0 Å². The Balaban J connectivity index is 3.24. The van der Waals surface area contributed by atoms with E-state index in [-0.39, 0.29) is 6.10 Å². The SMILES string of the molecule is [CH2]C(O)C(C)CCCC(C)C. The molecule has 1 heteroatoms. The third-order valence-corrected chi connectivity index (χ3v) is 2.10. The molecule has 0 aliphatic heterocycles. The summed E-state index contributed by atoms with van der Waals surface area (Å²) in [5.74, 6) is 1.14. The van der Waals surface area contributed by atoms with Crippen LogP contribution in [0.25, 0.3) is 0 Å². The average molecular weight is 157 g/mol. The van der Waals surface area contributed by atoms with Crippen LogP contribution >= 0.6 is 0 Å². The number of rotatable bonds is 5. The van der Waals surface area contributed by atoms with Crippen LogP contribution in [0, 0.1) is 18.8 Å². The van der Waals surface area contributed by atoms with Crippen LogP contribution in [0.2, 0.25) is 0 Å². The third-order valence-electron chi connectivity index (χ3n) is 2.10. The quantitative estimate of drug-likeness (QED) is 0.650. The summed E-state index contributed by atoms with van der Waals surface area (Å²) in [7, 11) is 0. The van der Waals surface area contributed by atoms with E-state index in [4.69, 9.17) is 5.11 Å². The van der Waals surface area contributed by atoms with Crippen LogP contribution in [0.4, 0.5) is 0 Å². The van der Waals surface area contributed by atoms with Crippen molar-refractivity contribution in [1.29, 1.82) is 0 Å². The zero-order chi connectivity index (χ0) is 8.85. The smallest absolute Gasteiger partial charge is 0.0566 e. The fourth-order valence-electron chi connectivity index (χ4n) is 1.04. The van der Waals surface area contributed by atoms with E-state index in [0.717, 1.165) is 12.3 Å². The molecule has 0 bridgehead atoms. The summed E-state index contributed by atoms with van der Waals surface area (Å²) < 4.78 is 0. The van der Waals surface area contributed by atoms with Crippen LogP contribution in [-0.4, -0.2) is 11.2 Å². The highest BCUT2D eigenvalue weighted by Crippen LogP contribution is 2.14. The van der Waals surface area contributed by atoms with Gasteiger partial charge < -0.3 is 5.11 Å². The molecule has 0 saturated carbocycles. The zero-order valence-electron chi connectivity index (χ0n) is 8.01. The first-order valence-electron chi connectivity index (χ1n) is 4.55. The Bertz CT molecular complexity index is 86.9. The first kappa shape index (κ1) is 11.0. The van der Waals surface area contributed by atoms with Crippen LogP contribution in [0.15, 0.2) is 0 Å². The first-order valence-corrected chi connectivity index (χ1v) is 4.55. The summed E-state index contributed by atoms with van der Waals surface area (Å²) in [5, 5.41) is 9.08. The molecule has 0 heterocycles. The summed E-state index contributed by atoms with van der Waals surface area (Å²) in [4.78, 5) is 0. The second-order valence-electron chi connectivity index (χ2n) is 3.87. The highest BCUT2D eigenvalue weighted by Gasteiger charge is 2.07. The Hall–Kier alpha value is -0.0400. The van der Waals surface area contributed by atoms with Crippen LogP contribution in [0.1, 0.15) is 40.0 Å². The molecule has 11 heavy (non-hydrogen) atoms. The monoisotopic (exact) mass is 157 g/mol. The average Bonchev–Trinajstić information content (AvgIpc) is 1.86. The van der Waals surface area contributed by atoms with Crippen molar-refractivity contribution in [1.82, 2.24) is 0 Å². The molecule has 0 fully saturated rings. The van der Waals surface area contributed by atoms with Crippen molar-refractivity contribution in [3.8, 4) is 0 Å². The van der Waals surface area contributed by atoms with E-state index in [2.05, 4.69) is 27.7 Å². The maximum atomic E-state index is 9.08. The lowest BCUT2D eigenvalue weighted by Gasteiger charge is -2.14. The van der Waals surface area contributed by atoms with Crippen molar-refractivity contribution in [3.63, 3.8) is 0 Å². The predicted molar refractivity (Wildman–Crippen MR) is 49.2 cm³/mol. The Labute approximate surface area is 70.8 Å². The van der Waals surface area contributed by atoms with Gasteiger partial charge in [0.15, 0.2) is 0 Å². The molecule has 1 radical (unpaired) electrons. The molecule has 1 nitrogen and oxygen atoms in total. The van der Waals surface area contributed by atoms with Crippen LogP contribution in [-0.2, 0) is 0 Å². The van der Waals surface area contributed by atoms with Crippen LogP contribution in [0.5, 0.6) is 0 Å². The largest absolute Gasteiger partial charge is 0.393 e. The van der Waals surface area contributed by atoms with Gasteiger partial charge in [-0.15, -0.1) is 0 Å². The van der Waals surface area contributed by atoms with Gasteiger partial charge in [-0.3, -0.25) is 0 Å². The first-order chi connectivity index (χ1) is 5.04. The third kappa shape index (κ3) is 6.36. The molecule has 0 aliphatic carbocycles. The maximum Gasteiger partial charge on any atom is 0.0566 e. The van der Waals surface area contributed by atoms with E-state index < -0.39 is 0 Å². The Morgan fingerprint density at radius 1 is 1.18 bits per heavy atom. The van der Waals surface area contributed by atoms with E-state index in [9.17, 15) is 0 Å². The van der Waals surface area contributed by atoms with Gasteiger partial charge in [0, 0.05) is 0 Å². The van der Waals surface area contributed by atoms with Crippen molar-refractivity contribution in [2.75, 3.05) is 0 Å². The molecule has 67 valence electrons. The molecular weight excluding hydrogens is 136 g/mol. The lowest BCUT2D eigenvalue weighted by Crippen LogP contribution is -2.13. The fourth-order valence-corrected chi connectivity index (χ4v) is 1.04. The van der Waals surface area contributed by atoms with Crippen molar-refractivity contribution >= 4 is 0 Å². The van der Waals surface area contributed by atoms with Gasteiger partial charge >= 0.3 is 0 Å².